The smallest absolute Gasteiger partial charge is 0.173 e. The zero-order chi connectivity index (χ0) is 16.6. The number of H-pyrrole nitrogens is 1. The molecule has 1 aliphatic rings. The Morgan fingerprint density at radius 3 is 2.87 bits per heavy atom. The van der Waals surface area contributed by atoms with Gasteiger partial charge in [-0.05, 0) is 19.4 Å². The van der Waals surface area contributed by atoms with Crippen LogP contribution in [0.3, 0.4) is 0 Å². The van der Waals surface area contributed by atoms with Crippen molar-refractivity contribution >= 4 is 17.4 Å². The zero-order valence-electron chi connectivity index (χ0n) is 13.2. The minimum atomic E-state index is -0.0925. The quantitative estimate of drug-likeness (QED) is 0.927. The van der Waals surface area contributed by atoms with E-state index in [4.69, 9.17) is 16.3 Å². The van der Waals surface area contributed by atoms with Crippen LogP contribution in [0.4, 0.5) is 5.82 Å². The predicted molar refractivity (Wildman–Crippen MR) is 85.3 cm³/mol. The molecule has 0 spiro atoms. The third-order valence-electron chi connectivity index (χ3n) is 4.15. The minimum absolute atomic E-state index is 0.0307. The Morgan fingerprint density at radius 2 is 2.26 bits per heavy atom. The summed E-state index contributed by atoms with van der Waals surface area (Å²) in [4.78, 5) is 10.9. The van der Waals surface area contributed by atoms with Crippen molar-refractivity contribution in [1.82, 2.24) is 20.2 Å². The lowest BCUT2D eigenvalue weighted by molar-refractivity contribution is 0.118. The molecular weight excluding hydrogens is 316 g/mol. The van der Waals surface area contributed by atoms with Gasteiger partial charge in [-0.2, -0.15) is 10.4 Å². The van der Waals surface area contributed by atoms with Crippen LogP contribution in [0.25, 0.3) is 0 Å². The second kappa shape index (κ2) is 6.14. The second-order valence-electron chi connectivity index (χ2n) is 5.58. The molecule has 3 rings (SSSR count). The topological polar surface area (TPSA) is 90.7 Å². The molecule has 0 saturated carbocycles. The third-order valence-corrected chi connectivity index (χ3v) is 4.53. The number of hydrogen-bond acceptors (Lipinski definition) is 6. The lowest BCUT2D eigenvalue weighted by atomic mass is 10.1. The first-order valence-electron chi connectivity index (χ1n) is 7.28. The van der Waals surface area contributed by atoms with E-state index < -0.39 is 0 Å². The summed E-state index contributed by atoms with van der Waals surface area (Å²) >= 11 is 6.10. The summed E-state index contributed by atoms with van der Waals surface area (Å²) < 4.78 is 5.50. The lowest BCUT2D eigenvalue weighted by Gasteiger charge is -2.25. The number of methoxy groups -OCH3 is 1. The van der Waals surface area contributed by atoms with Crippen LogP contribution in [0.1, 0.15) is 35.2 Å². The number of pyridine rings is 1. The molecule has 120 valence electrons. The van der Waals surface area contributed by atoms with Crippen LogP contribution < -0.4 is 4.90 Å². The normalized spacial score (nSPS) is 20.7. The minimum Gasteiger partial charge on any atom is -0.380 e. The fourth-order valence-corrected chi connectivity index (χ4v) is 3.02. The molecule has 8 heteroatoms. The Morgan fingerprint density at radius 1 is 1.48 bits per heavy atom. The van der Waals surface area contributed by atoms with E-state index in [1.165, 1.54) is 0 Å². The molecule has 0 aromatic carbocycles. The van der Waals surface area contributed by atoms with Gasteiger partial charge in [0.05, 0.1) is 22.7 Å². The highest BCUT2D eigenvalue weighted by Crippen LogP contribution is 2.37. The molecule has 0 aliphatic carbocycles. The van der Waals surface area contributed by atoms with Crippen LogP contribution in [-0.2, 0) is 4.74 Å². The molecule has 2 aromatic heterocycles. The Labute approximate surface area is 139 Å². The lowest BCUT2D eigenvalue weighted by Crippen LogP contribution is -2.27. The summed E-state index contributed by atoms with van der Waals surface area (Å²) in [7, 11) is 1.68. The van der Waals surface area contributed by atoms with E-state index >= 15 is 0 Å². The van der Waals surface area contributed by atoms with Gasteiger partial charge in [0.25, 0.3) is 0 Å². The maximum atomic E-state index is 9.52. The van der Waals surface area contributed by atoms with Gasteiger partial charge in [0.1, 0.15) is 17.7 Å². The molecule has 1 saturated heterocycles. The van der Waals surface area contributed by atoms with E-state index in [9.17, 15) is 5.26 Å². The van der Waals surface area contributed by atoms with Crippen molar-refractivity contribution in [2.24, 2.45) is 0 Å². The van der Waals surface area contributed by atoms with Crippen molar-refractivity contribution < 1.29 is 4.74 Å². The van der Waals surface area contributed by atoms with E-state index in [1.54, 1.807) is 13.3 Å². The van der Waals surface area contributed by atoms with E-state index in [-0.39, 0.29) is 12.1 Å². The van der Waals surface area contributed by atoms with Crippen molar-refractivity contribution in [3.63, 3.8) is 0 Å². The first-order valence-corrected chi connectivity index (χ1v) is 7.66. The molecule has 2 aromatic rings. The van der Waals surface area contributed by atoms with Crippen molar-refractivity contribution in [3.8, 4) is 6.07 Å². The molecule has 7 nitrogen and oxygen atoms in total. The van der Waals surface area contributed by atoms with E-state index in [2.05, 4.69) is 26.2 Å². The molecule has 0 amide bonds. The summed E-state index contributed by atoms with van der Waals surface area (Å²) in [5, 5.41) is 17.1. The zero-order valence-corrected chi connectivity index (χ0v) is 13.9. The highest BCUT2D eigenvalue weighted by atomic mass is 35.5. The van der Waals surface area contributed by atoms with Crippen molar-refractivity contribution in [2.45, 2.75) is 32.4 Å². The Balaban J connectivity index is 2.06. The van der Waals surface area contributed by atoms with Gasteiger partial charge < -0.3 is 9.64 Å². The summed E-state index contributed by atoms with van der Waals surface area (Å²) in [5.74, 6) is 2.03. The number of anilines is 1. The van der Waals surface area contributed by atoms with Gasteiger partial charge in [0.2, 0.25) is 0 Å². The van der Waals surface area contributed by atoms with Gasteiger partial charge in [-0.1, -0.05) is 11.6 Å². The van der Waals surface area contributed by atoms with Crippen molar-refractivity contribution in [2.75, 3.05) is 18.6 Å². The first-order chi connectivity index (χ1) is 11.0. The fourth-order valence-electron chi connectivity index (χ4n) is 2.87. The van der Waals surface area contributed by atoms with Crippen LogP contribution in [0, 0.1) is 25.2 Å². The highest BCUT2D eigenvalue weighted by Gasteiger charge is 2.38. The summed E-state index contributed by atoms with van der Waals surface area (Å²) in [6.45, 7) is 4.30. The number of halogens is 1. The largest absolute Gasteiger partial charge is 0.380 e. The molecule has 1 fully saturated rings. The third kappa shape index (κ3) is 2.76. The van der Waals surface area contributed by atoms with Gasteiger partial charge in [0, 0.05) is 26.3 Å². The van der Waals surface area contributed by atoms with Gasteiger partial charge in [-0.25, -0.2) is 9.97 Å². The maximum absolute atomic E-state index is 9.52. The summed E-state index contributed by atoms with van der Waals surface area (Å²) in [6, 6.07) is 2.12. The average Bonchev–Trinajstić information content (AvgIpc) is 3.15. The van der Waals surface area contributed by atoms with Crippen molar-refractivity contribution in [3.05, 3.63) is 34.0 Å². The van der Waals surface area contributed by atoms with Gasteiger partial charge >= 0.3 is 0 Å². The number of hydrogen-bond donors (Lipinski definition) is 1. The fraction of sp³-hybridized carbons (Fsp3) is 0.467. The van der Waals surface area contributed by atoms with Gasteiger partial charge in [-0.3, -0.25) is 5.10 Å². The molecule has 0 unspecified atom stereocenters. The molecule has 1 aliphatic heterocycles. The molecule has 1 N–H and O–H groups in total. The van der Waals surface area contributed by atoms with E-state index in [1.807, 2.05) is 18.7 Å². The van der Waals surface area contributed by atoms with E-state index in [0.29, 0.717) is 28.8 Å². The van der Waals surface area contributed by atoms with Crippen molar-refractivity contribution in [1.29, 1.82) is 5.26 Å². The SMILES string of the molecule is CO[C@@H]1C[C@@H](c2n[nH]c(C)n2)N(c2ncc(Cl)c(C)c2C#N)C1. The second-order valence-corrected chi connectivity index (χ2v) is 5.99. The molecule has 2 atom stereocenters. The van der Waals surface area contributed by atoms with Crippen LogP contribution in [-0.4, -0.2) is 39.9 Å². The van der Waals surface area contributed by atoms with Crippen LogP contribution in [0.2, 0.25) is 5.02 Å². The molecule has 0 radical (unpaired) electrons. The number of nitrogens with one attached hydrogen (secondary N) is 1. The maximum Gasteiger partial charge on any atom is 0.173 e. The molecular formula is C15H17ClN6O. The average molecular weight is 333 g/mol. The standard InChI is InChI=1S/C15H17ClN6O/c1-8-11(5-17)15(18-6-12(8)16)22-7-10(23-3)4-13(22)14-19-9(2)20-21-14/h6,10,13H,4,7H2,1-3H3,(H,19,20,21)/t10-,13+/m1/s1. The van der Waals surface area contributed by atoms with Crippen LogP contribution in [0.15, 0.2) is 6.20 Å². The number of rotatable bonds is 3. The number of nitrogens with zero attached hydrogens (tertiary/aromatic N) is 5. The summed E-state index contributed by atoms with van der Waals surface area (Å²) in [6.07, 6.45) is 2.35. The number of aromatic nitrogens is 4. The number of nitriles is 1. The highest BCUT2D eigenvalue weighted by molar-refractivity contribution is 6.31. The molecule has 23 heavy (non-hydrogen) atoms. The first kappa shape index (κ1) is 15.7. The van der Waals surface area contributed by atoms with Crippen LogP contribution >= 0.6 is 11.6 Å². The molecule has 3 heterocycles. The number of aromatic amines is 1. The molecule has 0 bridgehead atoms. The van der Waals surface area contributed by atoms with Crippen LogP contribution in [0.5, 0.6) is 0 Å². The number of aryl methyl sites for hydroxylation is 1. The monoisotopic (exact) mass is 332 g/mol. The Bertz CT molecular complexity index is 768. The van der Waals surface area contributed by atoms with Gasteiger partial charge in [0.15, 0.2) is 5.82 Å². The Kier molecular flexibility index (Phi) is 4.20. The number of ether oxygens (including phenoxy) is 1. The van der Waals surface area contributed by atoms with E-state index in [0.717, 1.165) is 17.8 Å². The predicted octanol–water partition coefficient (Wildman–Crippen LogP) is 2.31. The van der Waals surface area contributed by atoms with Gasteiger partial charge in [-0.15, -0.1) is 0 Å². The summed E-state index contributed by atoms with van der Waals surface area (Å²) in [5.41, 5.74) is 1.21. The Hall–Kier alpha value is -2.17.